The highest BCUT2D eigenvalue weighted by Crippen LogP contribution is 2.39. The Morgan fingerprint density at radius 2 is 1.66 bits per heavy atom. The fourth-order valence-corrected chi connectivity index (χ4v) is 4.80. The van der Waals surface area contributed by atoms with Crippen LogP contribution in [0.3, 0.4) is 0 Å². The number of ketones is 1. The van der Waals surface area contributed by atoms with Gasteiger partial charge in [-0.1, -0.05) is 36.4 Å². The van der Waals surface area contributed by atoms with Crippen LogP contribution in [0.1, 0.15) is 30.0 Å². The van der Waals surface area contributed by atoms with Gasteiger partial charge in [0, 0.05) is 31.6 Å². The monoisotopic (exact) mass is 562 g/mol. The molecule has 0 radical (unpaired) electrons. The van der Waals surface area contributed by atoms with Gasteiger partial charge in [0.25, 0.3) is 0 Å². The highest BCUT2D eigenvalue weighted by atomic mass is 16.5. The van der Waals surface area contributed by atoms with Crippen LogP contribution in [-0.2, 0) is 29.0 Å². The molecule has 1 atom stereocenters. The second kappa shape index (κ2) is 14.5. The quantitative estimate of drug-likeness (QED) is 0.286. The van der Waals surface area contributed by atoms with E-state index in [-0.39, 0.29) is 24.9 Å². The molecule has 0 saturated carbocycles. The van der Waals surface area contributed by atoms with Crippen molar-refractivity contribution in [1.29, 1.82) is 0 Å². The second-order valence-electron chi connectivity index (χ2n) is 10.1. The van der Waals surface area contributed by atoms with Gasteiger partial charge in [-0.3, -0.25) is 14.5 Å². The van der Waals surface area contributed by atoms with Gasteiger partial charge in [-0.25, -0.2) is 0 Å². The summed E-state index contributed by atoms with van der Waals surface area (Å²) in [6, 6.07) is 19.5. The molecule has 1 amide bonds. The molecule has 0 spiro atoms. The van der Waals surface area contributed by atoms with Crippen molar-refractivity contribution >= 4 is 17.4 Å². The minimum Gasteiger partial charge on any atom is -0.493 e. The lowest BCUT2D eigenvalue weighted by Crippen LogP contribution is -2.36. The van der Waals surface area contributed by atoms with E-state index in [1.54, 1.807) is 26.4 Å². The number of ether oxygens (including phenoxy) is 4. The number of fused-ring (bicyclic) bond motifs is 1. The van der Waals surface area contributed by atoms with Crippen molar-refractivity contribution in [2.45, 2.75) is 38.8 Å². The van der Waals surface area contributed by atoms with E-state index in [2.05, 4.69) is 22.3 Å². The van der Waals surface area contributed by atoms with Crippen LogP contribution < -0.4 is 24.3 Å². The van der Waals surface area contributed by atoms with Gasteiger partial charge in [-0.2, -0.15) is 0 Å². The van der Waals surface area contributed by atoms with Gasteiger partial charge in [-0.05, 0) is 55.2 Å². The topological polar surface area (TPSA) is 107 Å². The average molecular weight is 563 g/mol. The van der Waals surface area contributed by atoms with Crippen molar-refractivity contribution in [3.05, 3.63) is 77.4 Å². The van der Waals surface area contributed by atoms with E-state index >= 15 is 0 Å². The molecule has 3 aromatic carbocycles. The first-order valence-electron chi connectivity index (χ1n) is 13.7. The van der Waals surface area contributed by atoms with Gasteiger partial charge in [0.1, 0.15) is 30.8 Å². The minimum absolute atomic E-state index is 0.0791. The van der Waals surface area contributed by atoms with Crippen LogP contribution in [0.2, 0.25) is 0 Å². The first-order chi connectivity index (χ1) is 19.9. The second-order valence-corrected chi connectivity index (χ2v) is 10.1. The Balaban J connectivity index is 1.42. The smallest absolute Gasteiger partial charge is 0.224 e. The molecule has 1 unspecified atom stereocenters. The van der Waals surface area contributed by atoms with E-state index < -0.39 is 6.10 Å². The van der Waals surface area contributed by atoms with Crippen molar-refractivity contribution in [2.75, 3.05) is 45.8 Å². The van der Waals surface area contributed by atoms with Crippen molar-refractivity contribution in [1.82, 2.24) is 4.90 Å². The molecule has 1 aliphatic rings. The number of amides is 1. The summed E-state index contributed by atoms with van der Waals surface area (Å²) in [4.78, 5) is 25.7. The van der Waals surface area contributed by atoms with Crippen LogP contribution in [0.5, 0.6) is 23.0 Å². The Kier molecular flexibility index (Phi) is 10.6. The summed E-state index contributed by atoms with van der Waals surface area (Å²) in [6.45, 7) is 3.23. The zero-order chi connectivity index (χ0) is 29.2. The third-order valence-corrected chi connectivity index (χ3v) is 6.84. The van der Waals surface area contributed by atoms with Crippen LogP contribution in [0.4, 0.5) is 5.69 Å². The first-order valence-corrected chi connectivity index (χ1v) is 13.7. The fourth-order valence-electron chi connectivity index (χ4n) is 4.80. The lowest BCUT2D eigenvalue weighted by atomic mass is 10.0. The van der Waals surface area contributed by atoms with Crippen LogP contribution in [-0.4, -0.2) is 68.3 Å². The SMILES string of the molecule is COc1ccc(CCN(Cc2ccccc2)CC(O)COc2ccc(OCC(C)=O)c3c2CCC(=O)N3)cc1OC. The molecule has 1 aliphatic heterocycles. The number of carbonyl (C=O) groups is 2. The van der Waals surface area contributed by atoms with Crippen LogP contribution >= 0.6 is 0 Å². The molecule has 0 saturated heterocycles. The molecule has 3 aromatic rings. The predicted molar refractivity (Wildman–Crippen MR) is 156 cm³/mol. The van der Waals surface area contributed by atoms with Crippen LogP contribution in [0, 0.1) is 0 Å². The van der Waals surface area contributed by atoms with Crippen LogP contribution in [0.25, 0.3) is 0 Å². The summed E-state index contributed by atoms with van der Waals surface area (Å²) >= 11 is 0. The number of carbonyl (C=O) groups excluding carboxylic acids is 2. The standard InChI is InChI=1S/C32H38N2O7/c1-22(35)20-40-29-13-12-27(26-10-14-31(37)33-32(26)29)41-21-25(36)19-34(18-24-7-5-4-6-8-24)16-15-23-9-11-28(38-2)30(17-23)39-3/h4-9,11-13,17,25,36H,10,14-16,18-21H2,1-3H3,(H,33,37). The number of methoxy groups -OCH3 is 2. The molecule has 218 valence electrons. The molecule has 1 heterocycles. The number of rotatable bonds is 15. The largest absolute Gasteiger partial charge is 0.493 e. The molecule has 9 heteroatoms. The highest BCUT2D eigenvalue weighted by molar-refractivity contribution is 5.96. The molecule has 0 aliphatic carbocycles. The molecular weight excluding hydrogens is 524 g/mol. The van der Waals surface area contributed by atoms with E-state index in [9.17, 15) is 14.7 Å². The van der Waals surface area contributed by atoms with Gasteiger partial charge < -0.3 is 29.4 Å². The van der Waals surface area contributed by atoms with Gasteiger partial charge in [-0.15, -0.1) is 0 Å². The molecule has 0 fully saturated rings. The van der Waals surface area contributed by atoms with Crippen molar-refractivity contribution in [3.63, 3.8) is 0 Å². The number of aliphatic hydroxyl groups excluding tert-OH is 1. The normalized spacial score (nSPS) is 13.2. The van der Waals surface area contributed by atoms with Crippen molar-refractivity contribution < 1.29 is 33.6 Å². The number of nitrogens with zero attached hydrogens (tertiary/aromatic N) is 1. The van der Waals surface area contributed by atoms with E-state index in [1.165, 1.54) is 6.92 Å². The average Bonchev–Trinajstić information content (AvgIpc) is 2.98. The Hall–Kier alpha value is -4.08. The zero-order valence-electron chi connectivity index (χ0n) is 23.9. The molecule has 0 bridgehead atoms. The highest BCUT2D eigenvalue weighted by Gasteiger charge is 2.24. The van der Waals surface area contributed by atoms with E-state index in [0.717, 1.165) is 23.1 Å². The maximum absolute atomic E-state index is 12.1. The number of aliphatic hydroxyl groups is 1. The molecule has 41 heavy (non-hydrogen) atoms. The van der Waals surface area contributed by atoms with E-state index in [4.69, 9.17) is 18.9 Å². The number of Topliss-reactive ketones (excluding diaryl/α,β-unsaturated/α-hetero) is 1. The minimum atomic E-state index is -0.758. The van der Waals surface area contributed by atoms with E-state index in [0.29, 0.717) is 61.2 Å². The third-order valence-electron chi connectivity index (χ3n) is 6.84. The molecule has 9 nitrogen and oxygen atoms in total. The maximum atomic E-state index is 12.1. The number of nitrogens with one attached hydrogen (secondary N) is 1. The van der Waals surface area contributed by atoms with Crippen molar-refractivity contribution in [3.8, 4) is 23.0 Å². The summed E-state index contributed by atoms with van der Waals surface area (Å²) in [6.07, 6.45) is 0.806. The number of hydrogen-bond acceptors (Lipinski definition) is 8. The van der Waals surface area contributed by atoms with Gasteiger partial charge in [0.2, 0.25) is 5.91 Å². The Morgan fingerprint density at radius 1 is 0.927 bits per heavy atom. The van der Waals surface area contributed by atoms with Gasteiger partial charge in [0.15, 0.2) is 17.3 Å². The van der Waals surface area contributed by atoms with Crippen LogP contribution in [0.15, 0.2) is 60.7 Å². The summed E-state index contributed by atoms with van der Waals surface area (Å²) in [7, 11) is 3.24. The maximum Gasteiger partial charge on any atom is 0.224 e. The Labute approximate surface area is 241 Å². The first kappa shape index (κ1) is 29.9. The number of anilines is 1. The predicted octanol–water partition coefficient (Wildman–Crippen LogP) is 4.04. The summed E-state index contributed by atoms with van der Waals surface area (Å²) in [5.41, 5.74) is 3.58. The summed E-state index contributed by atoms with van der Waals surface area (Å²) in [5.74, 6) is 2.15. The number of hydrogen-bond donors (Lipinski definition) is 2. The molecule has 4 rings (SSSR count). The van der Waals surface area contributed by atoms with E-state index in [1.807, 2.05) is 36.4 Å². The molecule has 0 aromatic heterocycles. The third kappa shape index (κ3) is 8.45. The molecule has 2 N–H and O–H groups in total. The lowest BCUT2D eigenvalue weighted by Gasteiger charge is -2.27. The zero-order valence-corrected chi connectivity index (χ0v) is 23.9. The molecular formula is C32H38N2O7. The van der Waals surface area contributed by atoms with Crippen molar-refractivity contribution in [2.24, 2.45) is 0 Å². The van der Waals surface area contributed by atoms with Gasteiger partial charge >= 0.3 is 0 Å². The Morgan fingerprint density at radius 3 is 2.39 bits per heavy atom. The number of benzene rings is 3. The fraction of sp³-hybridized carbons (Fsp3) is 0.375. The van der Waals surface area contributed by atoms with Gasteiger partial charge in [0.05, 0.1) is 19.9 Å². The lowest BCUT2D eigenvalue weighted by molar-refractivity contribution is -0.119. The summed E-state index contributed by atoms with van der Waals surface area (Å²) in [5, 5.41) is 13.9. The Bertz CT molecular complexity index is 1330. The summed E-state index contributed by atoms with van der Waals surface area (Å²) < 4.78 is 22.5.